The van der Waals surface area contributed by atoms with Gasteiger partial charge in [-0.05, 0) is 48.6 Å². The van der Waals surface area contributed by atoms with Gasteiger partial charge in [0.2, 0.25) is 5.71 Å². The maximum absolute atomic E-state index is 6.63. The molecular weight excluding hydrogens is 436 g/mol. The molecule has 0 saturated carbocycles. The Morgan fingerprint density at radius 2 is 1.89 bits per heavy atom. The van der Waals surface area contributed by atoms with Crippen molar-refractivity contribution >= 4 is 45.0 Å². The molecule has 0 unspecified atom stereocenters. The van der Waals surface area contributed by atoms with Gasteiger partial charge >= 0.3 is 0 Å². The van der Waals surface area contributed by atoms with Crippen LogP contribution in [0, 0.1) is 0 Å². The lowest BCUT2D eigenvalue weighted by atomic mass is 10.0. The number of H-pyrrole nitrogens is 1. The maximum atomic E-state index is 6.63. The molecule has 2 aromatic carbocycles. The second-order valence-electron chi connectivity index (χ2n) is 8.89. The minimum atomic E-state index is 0.336. The van der Waals surface area contributed by atoms with Crippen LogP contribution in [0.1, 0.15) is 29.5 Å². The van der Waals surface area contributed by atoms with Crippen LogP contribution in [0.15, 0.2) is 67.1 Å². The van der Waals surface area contributed by atoms with E-state index in [1.165, 1.54) is 19.2 Å². The Bertz CT molecular complexity index is 1550. The smallest absolute Gasteiger partial charge is 0.218 e. The number of hydrogen-bond acceptors (Lipinski definition) is 6. The average molecular weight is 464 g/mol. The molecule has 3 aromatic heterocycles. The number of benzene rings is 2. The first-order chi connectivity index (χ1) is 17.2. The largest absolute Gasteiger partial charge is 0.383 e. The normalized spacial score (nSPS) is 13.5. The number of nitrogens with two attached hydrogens (primary N) is 2. The fourth-order valence-corrected chi connectivity index (χ4v) is 4.82. The Hall–Kier alpha value is -4.46. The quantitative estimate of drug-likeness (QED) is 0.287. The van der Waals surface area contributed by atoms with E-state index in [2.05, 4.69) is 43.4 Å². The number of nitrogen functional groups attached to an aromatic ring is 1. The zero-order chi connectivity index (χ0) is 23.8. The zero-order valence-corrected chi connectivity index (χ0v) is 19.3. The summed E-state index contributed by atoms with van der Waals surface area (Å²) >= 11 is 0. The van der Waals surface area contributed by atoms with Gasteiger partial charge in [0.05, 0.1) is 5.52 Å². The number of fused-ring (bicyclic) bond motifs is 2. The molecule has 0 amide bonds. The molecule has 0 radical (unpaired) electrons. The molecule has 35 heavy (non-hydrogen) atoms. The molecular formula is C27H27N8+. The number of hydrogen-bond donors (Lipinski definition) is 4. The Kier molecular flexibility index (Phi) is 5.25. The van der Waals surface area contributed by atoms with Gasteiger partial charge in [-0.25, -0.2) is 15.0 Å². The number of anilines is 3. The molecule has 8 nitrogen and oxygen atoms in total. The molecule has 4 heterocycles. The van der Waals surface area contributed by atoms with Gasteiger partial charge < -0.3 is 20.9 Å². The number of nitrogens with one attached hydrogen (secondary N) is 2. The van der Waals surface area contributed by atoms with Gasteiger partial charge in [-0.3, -0.25) is 5.41 Å². The summed E-state index contributed by atoms with van der Waals surface area (Å²) in [7, 11) is 0. The Morgan fingerprint density at radius 3 is 2.77 bits per heavy atom. The molecule has 1 aliphatic heterocycles. The molecule has 8 heteroatoms. The van der Waals surface area contributed by atoms with Gasteiger partial charge in [-0.2, -0.15) is 0 Å². The van der Waals surface area contributed by atoms with Crippen LogP contribution in [0.4, 0.5) is 17.5 Å². The first kappa shape index (κ1) is 21.1. The lowest BCUT2D eigenvalue weighted by Crippen LogP contribution is -2.42. The monoisotopic (exact) mass is 463 g/mol. The van der Waals surface area contributed by atoms with Crippen LogP contribution >= 0.6 is 0 Å². The Balaban J connectivity index is 1.35. The highest BCUT2D eigenvalue weighted by Gasteiger charge is 2.23. The molecule has 1 aliphatic rings. The molecule has 1 saturated heterocycles. The van der Waals surface area contributed by atoms with E-state index in [9.17, 15) is 0 Å². The summed E-state index contributed by atoms with van der Waals surface area (Å²) in [5, 5.41) is 12.3. The van der Waals surface area contributed by atoms with E-state index in [0.717, 1.165) is 51.8 Å². The maximum Gasteiger partial charge on any atom is 0.218 e. The predicted molar refractivity (Wildman–Crippen MR) is 140 cm³/mol. The van der Waals surface area contributed by atoms with Gasteiger partial charge in [0.15, 0.2) is 0 Å². The first-order valence-corrected chi connectivity index (χ1v) is 11.9. The van der Waals surface area contributed by atoms with Crippen molar-refractivity contribution in [3.63, 3.8) is 0 Å². The van der Waals surface area contributed by atoms with Crippen molar-refractivity contribution in [1.82, 2.24) is 19.9 Å². The van der Waals surface area contributed by atoms with Gasteiger partial charge in [0.1, 0.15) is 29.3 Å². The molecule has 6 rings (SSSR count). The minimum absolute atomic E-state index is 0.336. The van der Waals surface area contributed by atoms with Crippen molar-refractivity contribution in [3.8, 4) is 0 Å². The summed E-state index contributed by atoms with van der Waals surface area (Å²) in [6.45, 7) is 2.58. The summed E-state index contributed by atoms with van der Waals surface area (Å²) in [6, 6.07) is 18.5. The number of aromatic amines is 1. The highest BCUT2D eigenvalue weighted by Crippen LogP contribution is 2.28. The zero-order valence-electron chi connectivity index (χ0n) is 19.3. The summed E-state index contributed by atoms with van der Waals surface area (Å²) < 4.78 is 0. The molecule has 0 bridgehead atoms. The van der Waals surface area contributed by atoms with Gasteiger partial charge in [0.25, 0.3) is 0 Å². The second kappa shape index (κ2) is 8.72. The number of nitrogens with zero attached hydrogens (tertiary/aromatic N) is 4. The summed E-state index contributed by atoms with van der Waals surface area (Å²) in [5.74, 6) is 1.96. The third-order valence-electron chi connectivity index (χ3n) is 6.64. The molecule has 1 fully saturated rings. The fraction of sp³-hybridized carbons (Fsp3) is 0.185. The summed E-state index contributed by atoms with van der Waals surface area (Å²) in [4.78, 5) is 19.3. The summed E-state index contributed by atoms with van der Waals surface area (Å²) in [6.07, 6.45) is 5.74. The summed E-state index contributed by atoms with van der Waals surface area (Å²) in [5.41, 5.74) is 11.4. The predicted octanol–water partition coefficient (Wildman–Crippen LogP) is 2.90. The van der Waals surface area contributed by atoms with Crippen molar-refractivity contribution < 1.29 is 5.41 Å². The topological polar surface area (TPSA) is 121 Å². The molecule has 0 spiro atoms. The van der Waals surface area contributed by atoms with E-state index < -0.39 is 0 Å². The van der Waals surface area contributed by atoms with Crippen LogP contribution in [-0.2, 0) is 6.54 Å². The molecule has 5 aromatic rings. The first-order valence-electron chi connectivity index (χ1n) is 11.9. The van der Waals surface area contributed by atoms with Crippen LogP contribution in [0.25, 0.3) is 21.8 Å². The Morgan fingerprint density at radius 1 is 1.03 bits per heavy atom. The van der Waals surface area contributed by atoms with Crippen molar-refractivity contribution in [2.24, 2.45) is 0 Å². The third kappa shape index (κ3) is 3.93. The number of para-hydroxylation sites is 1. The van der Waals surface area contributed by atoms with Gasteiger partial charge in [-0.15, -0.1) is 0 Å². The highest BCUT2D eigenvalue weighted by molar-refractivity contribution is 6.15. The third-order valence-corrected chi connectivity index (χ3v) is 6.64. The second-order valence-corrected chi connectivity index (χ2v) is 8.89. The lowest BCUT2D eigenvalue weighted by Gasteiger charge is -2.21. The highest BCUT2D eigenvalue weighted by atomic mass is 15.2. The van der Waals surface area contributed by atoms with Crippen LogP contribution in [0.2, 0.25) is 0 Å². The van der Waals surface area contributed by atoms with Crippen LogP contribution < -0.4 is 21.4 Å². The van der Waals surface area contributed by atoms with Crippen molar-refractivity contribution in [2.45, 2.75) is 19.4 Å². The molecule has 6 N–H and O–H groups in total. The standard InChI is InChI=1S/C27H26N8/c28-24(19-8-7-17-9-10-30-22(17)14-19)23-25(29)32-16-33-26(23)31-15-20-13-18-5-1-2-6-21(18)34-27(20)35-11-3-4-12-35/h1-2,5-10,13-14,16,28,30H,3-4,11-12,15H2,(H3,29,31,32,33)/p+1. The fourth-order valence-electron chi connectivity index (χ4n) is 4.82. The van der Waals surface area contributed by atoms with Crippen LogP contribution in [-0.4, -0.2) is 38.7 Å². The van der Waals surface area contributed by atoms with Crippen molar-refractivity contribution in [3.05, 3.63) is 83.8 Å². The number of aromatic nitrogens is 4. The number of rotatable bonds is 6. The average Bonchev–Trinajstić information content (AvgIpc) is 3.58. The van der Waals surface area contributed by atoms with E-state index >= 15 is 0 Å². The van der Waals surface area contributed by atoms with Gasteiger partial charge in [-0.1, -0.05) is 24.3 Å². The van der Waals surface area contributed by atoms with Crippen molar-refractivity contribution in [2.75, 3.05) is 29.0 Å². The van der Waals surface area contributed by atoms with E-state index in [1.807, 2.05) is 42.6 Å². The van der Waals surface area contributed by atoms with Gasteiger partial charge in [0, 0.05) is 47.9 Å². The minimum Gasteiger partial charge on any atom is -0.383 e. The SMILES string of the molecule is Nc1ncnc(NCc2cc3ccccc3nc2N2CCCC2)c1C(=[NH2+])c1ccc2cc[nH]c2c1. The molecule has 0 aliphatic carbocycles. The molecule has 174 valence electrons. The van der Waals surface area contributed by atoms with E-state index in [4.69, 9.17) is 16.1 Å². The van der Waals surface area contributed by atoms with Crippen LogP contribution in [0.5, 0.6) is 0 Å². The Labute approximate surface area is 202 Å². The van der Waals surface area contributed by atoms with E-state index in [1.54, 1.807) is 0 Å². The van der Waals surface area contributed by atoms with E-state index in [-0.39, 0.29) is 0 Å². The van der Waals surface area contributed by atoms with Crippen LogP contribution in [0.3, 0.4) is 0 Å². The molecule has 0 atom stereocenters. The van der Waals surface area contributed by atoms with E-state index in [0.29, 0.717) is 29.5 Å². The lowest BCUT2D eigenvalue weighted by molar-refractivity contribution is -0.111. The van der Waals surface area contributed by atoms with Crippen molar-refractivity contribution in [1.29, 1.82) is 0 Å². The number of pyridine rings is 1.